The van der Waals surface area contributed by atoms with Crippen LogP contribution >= 0.6 is 23.2 Å². The van der Waals surface area contributed by atoms with Crippen molar-refractivity contribution in [2.45, 2.75) is 13.3 Å². The van der Waals surface area contributed by atoms with E-state index in [0.29, 0.717) is 17.6 Å². The molecule has 0 atom stereocenters. The van der Waals surface area contributed by atoms with Gasteiger partial charge in [-0.05, 0) is 41.8 Å². The number of carbonyl (C=O) groups excluding carboxylic acids is 1. The van der Waals surface area contributed by atoms with Gasteiger partial charge in [-0.1, -0.05) is 48.3 Å². The first-order valence-electron chi connectivity index (χ1n) is 8.49. The lowest BCUT2D eigenvalue weighted by Gasteiger charge is -2.13. The number of nitrogens with zero attached hydrogens (tertiary/aromatic N) is 1. The van der Waals surface area contributed by atoms with Gasteiger partial charge in [-0.2, -0.15) is 0 Å². The van der Waals surface area contributed by atoms with Crippen LogP contribution in [0.15, 0.2) is 48.7 Å². The summed E-state index contributed by atoms with van der Waals surface area (Å²) in [5.41, 5.74) is 2.86. The number of pyridine rings is 1. The number of aliphatic carboxylic acids is 1. The maximum Gasteiger partial charge on any atom is 0.328 e. The van der Waals surface area contributed by atoms with Gasteiger partial charge in [0.1, 0.15) is 0 Å². The van der Waals surface area contributed by atoms with Gasteiger partial charge < -0.3 is 10.4 Å². The number of fused-ring (bicyclic) bond motifs is 1. The van der Waals surface area contributed by atoms with E-state index in [1.54, 1.807) is 42.6 Å². The van der Waals surface area contributed by atoms with E-state index in [-0.39, 0.29) is 15.6 Å². The van der Waals surface area contributed by atoms with Crippen LogP contribution in [0.3, 0.4) is 0 Å². The van der Waals surface area contributed by atoms with Gasteiger partial charge in [-0.15, -0.1) is 0 Å². The van der Waals surface area contributed by atoms with E-state index in [0.717, 1.165) is 22.6 Å². The Hall–Kier alpha value is -2.89. The van der Waals surface area contributed by atoms with Crippen LogP contribution in [-0.2, 0) is 11.2 Å². The summed E-state index contributed by atoms with van der Waals surface area (Å²) in [6, 6.07) is 10.2. The summed E-state index contributed by atoms with van der Waals surface area (Å²) in [6.07, 6.45) is 5.00. The minimum Gasteiger partial charge on any atom is -0.478 e. The number of nitrogens with one attached hydrogen (secondary N) is 1. The molecular weight excluding hydrogens is 399 g/mol. The summed E-state index contributed by atoms with van der Waals surface area (Å²) in [5, 5.41) is 13.0. The number of carboxylic acid groups (broad SMARTS) is 1. The molecule has 1 amide bonds. The lowest BCUT2D eigenvalue weighted by molar-refractivity contribution is -0.131. The fourth-order valence-electron chi connectivity index (χ4n) is 2.92. The van der Waals surface area contributed by atoms with Crippen LogP contribution < -0.4 is 5.32 Å². The van der Waals surface area contributed by atoms with Crippen LogP contribution in [0.25, 0.3) is 17.0 Å². The van der Waals surface area contributed by atoms with E-state index in [2.05, 4.69) is 10.3 Å². The van der Waals surface area contributed by atoms with Gasteiger partial charge in [0.15, 0.2) is 0 Å². The van der Waals surface area contributed by atoms with E-state index in [1.165, 1.54) is 0 Å². The molecule has 0 saturated carbocycles. The molecule has 142 valence electrons. The summed E-state index contributed by atoms with van der Waals surface area (Å²) in [6.45, 7) is 1.96. The molecule has 2 N–H and O–H groups in total. The Balaban J connectivity index is 2.09. The highest BCUT2D eigenvalue weighted by atomic mass is 35.5. The van der Waals surface area contributed by atoms with Crippen molar-refractivity contribution in [1.29, 1.82) is 0 Å². The Kier molecular flexibility index (Phi) is 5.97. The number of hydrogen-bond acceptors (Lipinski definition) is 3. The zero-order valence-corrected chi connectivity index (χ0v) is 16.4. The average Bonchev–Trinajstić information content (AvgIpc) is 2.66. The van der Waals surface area contributed by atoms with Gasteiger partial charge >= 0.3 is 5.97 Å². The van der Waals surface area contributed by atoms with Crippen molar-refractivity contribution >= 4 is 57.7 Å². The predicted octanol–water partition coefficient (Wildman–Crippen LogP) is 5.45. The third-order valence-electron chi connectivity index (χ3n) is 4.23. The number of para-hydroxylation sites is 1. The second kappa shape index (κ2) is 8.42. The molecule has 0 bridgehead atoms. The molecule has 0 saturated heterocycles. The van der Waals surface area contributed by atoms with Gasteiger partial charge in [0, 0.05) is 17.7 Å². The SMILES string of the molecule is CCc1cnc2c(NC(=O)c3c(Cl)cccc3Cl)cccc2c1C=CC(=O)O. The van der Waals surface area contributed by atoms with Gasteiger partial charge in [0.25, 0.3) is 5.91 Å². The monoisotopic (exact) mass is 414 g/mol. The molecule has 0 aliphatic carbocycles. The molecule has 0 spiro atoms. The number of aryl methyl sites for hydroxylation is 1. The van der Waals surface area contributed by atoms with Crippen molar-refractivity contribution in [2.75, 3.05) is 5.32 Å². The van der Waals surface area contributed by atoms with Gasteiger partial charge in [-0.3, -0.25) is 9.78 Å². The number of anilines is 1. The van der Waals surface area contributed by atoms with E-state index in [9.17, 15) is 9.59 Å². The Morgan fingerprint density at radius 3 is 2.46 bits per heavy atom. The van der Waals surface area contributed by atoms with Gasteiger partial charge in [0.2, 0.25) is 0 Å². The third kappa shape index (κ3) is 4.01. The van der Waals surface area contributed by atoms with Crippen LogP contribution in [0, 0.1) is 0 Å². The molecule has 28 heavy (non-hydrogen) atoms. The first-order valence-corrected chi connectivity index (χ1v) is 9.25. The maximum absolute atomic E-state index is 12.7. The van der Waals surface area contributed by atoms with Crippen molar-refractivity contribution in [3.8, 4) is 0 Å². The Morgan fingerprint density at radius 2 is 1.82 bits per heavy atom. The Morgan fingerprint density at radius 1 is 1.14 bits per heavy atom. The zero-order valence-electron chi connectivity index (χ0n) is 14.9. The summed E-state index contributed by atoms with van der Waals surface area (Å²) in [4.78, 5) is 28.1. The standard InChI is InChI=1S/C21H16Cl2N2O3/c1-2-12-11-24-20-14(13(12)9-10-18(26)27)5-3-8-17(20)25-21(28)19-15(22)6-4-7-16(19)23/h3-11H,2H2,1H3,(H,25,28)(H,26,27). The summed E-state index contributed by atoms with van der Waals surface area (Å²) < 4.78 is 0. The molecule has 0 fully saturated rings. The molecule has 0 unspecified atom stereocenters. The third-order valence-corrected chi connectivity index (χ3v) is 4.86. The minimum atomic E-state index is -1.04. The summed E-state index contributed by atoms with van der Waals surface area (Å²) >= 11 is 12.2. The Bertz CT molecular complexity index is 1090. The van der Waals surface area contributed by atoms with Gasteiger partial charge in [-0.25, -0.2) is 4.79 Å². The molecule has 3 aromatic rings. The zero-order chi connectivity index (χ0) is 20.3. The molecule has 0 aliphatic heterocycles. The number of carbonyl (C=O) groups is 2. The number of carboxylic acids is 1. The van der Waals surface area contributed by atoms with Crippen molar-refractivity contribution < 1.29 is 14.7 Å². The molecule has 5 nitrogen and oxygen atoms in total. The quantitative estimate of drug-likeness (QED) is 0.543. The van der Waals surface area contributed by atoms with Crippen LogP contribution in [0.2, 0.25) is 10.0 Å². The number of hydrogen-bond donors (Lipinski definition) is 2. The van der Waals surface area contributed by atoms with Crippen LogP contribution in [-0.4, -0.2) is 22.0 Å². The second-order valence-electron chi connectivity index (χ2n) is 5.97. The highest BCUT2D eigenvalue weighted by molar-refractivity contribution is 6.40. The largest absolute Gasteiger partial charge is 0.478 e. The second-order valence-corrected chi connectivity index (χ2v) is 6.79. The molecule has 1 heterocycles. The minimum absolute atomic E-state index is 0.180. The molecule has 2 aromatic carbocycles. The average molecular weight is 415 g/mol. The topological polar surface area (TPSA) is 79.3 Å². The fourth-order valence-corrected chi connectivity index (χ4v) is 3.49. The molecule has 0 aliphatic rings. The van der Waals surface area contributed by atoms with E-state index in [4.69, 9.17) is 28.3 Å². The first-order chi connectivity index (χ1) is 13.4. The number of rotatable bonds is 5. The number of halogens is 2. The van der Waals surface area contributed by atoms with E-state index >= 15 is 0 Å². The number of amides is 1. The van der Waals surface area contributed by atoms with Crippen molar-refractivity contribution in [3.63, 3.8) is 0 Å². The van der Waals surface area contributed by atoms with Crippen molar-refractivity contribution in [3.05, 3.63) is 75.4 Å². The summed E-state index contributed by atoms with van der Waals surface area (Å²) in [5.74, 6) is -1.49. The van der Waals surface area contributed by atoms with Gasteiger partial charge in [0.05, 0.1) is 26.8 Å². The summed E-state index contributed by atoms with van der Waals surface area (Å²) in [7, 11) is 0. The normalized spacial score (nSPS) is 11.1. The van der Waals surface area contributed by atoms with Crippen LogP contribution in [0.5, 0.6) is 0 Å². The fraction of sp³-hybridized carbons (Fsp3) is 0.0952. The highest BCUT2D eigenvalue weighted by Gasteiger charge is 2.17. The number of aromatic nitrogens is 1. The van der Waals surface area contributed by atoms with Crippen LogP contribution in [0.1, 0.15) is 28.4 Å². The lowest BCUT2D eigenvalue weighted by Crippen LogP contribution is -2.13. The van der Waals surface area contributed by atoms with Crippen LogP contribution in [0.4, 0.5) is 5.69 Å². The molecular formula is C21H16Cl2N2O3. The number of benzene rings is 2. The van der Waals surface area contributed by atoms with E-state index in [1.807, 2.05) is 13.0 Å². The molecule has 7 heteroatoms. The highest BCUT2D eigenvalue weighted by Crippen LogP contribution is 2.30. The first kappa shape index (κ1) is 19.9. The predicted molar refractivity (Wildman–Crippen MR) is 112 cm³/mol. The lowest BCUT2D eigenvalue weighted by atomic mass is 10.0. The smallest absolute Gasteiger partial charge is 0.328 e. The van der Waals surface area contributed by atoms with Crippen molar-refractivity contribution in [1.82, 2.24) is 4.98 Å². The molecule has 0 radical (unpaired) electrons. The molecule has 1 aromatic heterocycles. The Labute approximate surface area is 171 Å². The van der Waals surface area contributed by atoms with Crippen molar-refractivity contribution in [2.24, 2.45) is 0 Å². The maximum atomic E-state index is 12.7. The molecule has 3 rings (SSSR count). The van der Waals surface area contributed by atoms with E-state index < -0.39 is 11.9 Å².